The highest BCUT2D eigenvalue weighted by atomic mass is 19.1. The lowest BCUT2D eigenvalue weighted by molar-refractivity contribution is -0.133. The molecule has 2 aromatic carbocycles. The van der Waals surface area contributed by atoms with E-state index >= 15 is 0 Å². The maximum Gasteiger partial charge on any atom is 0.332 e. The van der Waals surface area contributed by atoms with Gasteiger partial charge < -0.3 is 4.74 Å². The Morgan fingerprint density at radius 3 is 2.61 bits per heavy atom. The lowest BCUT2D eigenvalue weighted by atomic mass is 9.81. The monoisotopic (exact) mass is 520 g/mol. The van der Waals surface area contributed by atoms with Crippen LogP contribution in [0.5, 0.6) is 5.75 Å². The first-order valence-corrected chi connectivity index (χ1v) is 12.9. The Labute approximate surface area is 221 Å². The van der Waals surface area contributed by atoms with E-state index in [4.69, 9.17) is 4.74 Å². The third-order valence-corrected chi connectivity index (χ3v) is 7.39. The van der Waals surface area contributed by atoms with Crippen molar-refractivity contribution in [3.63, 3.8) is 0 Å². The van der Waals surface area contributed by atoms with Crippen LogP contribution in [0.4, 0.5) is 14.9 Å². The number of rotatable bonds is 7. The molecule has 200 valence electrons. The van der Waals surface area contributed by atoms with Gasteiger partial charge in [0, 0.05) is 31.9 Å². The second-order valence-corrected chi connectivity index (χ2v) is 10.4. The minimum absolute atomic E-state index is 0.00245. The molecule has 2 unspecified atom stereocenters. The number of hydrogen-bond acceptors (Lipinski definition) is 6. The van der Waals surface area contributed by atoms with Crippen molar-refractivity contribution in [2.24, 2.45) is 7.05 Å². The number of carbonyl (C=O) groups excluding carboxylic acids is 2. The van der Waals surface area contributed by atoms with E-state index in [1.807, 2.05) is 32.0 Å². The average molecular weight is 521 g/mol. The summed E-state index contributed by atoms with van der Waals surface area (Å²) in [5, 5.41) is 4.06. The minimum atomic E-state index is -1.11. The summed E-state index contributed by atoms with van der Waals surface area (Å²) in [6.45, 7) is 7.36. The Morgan fingerprint density at radius 2 is 1.92 bits per heavy atom. The molecule has 1 spiro atoms. The molecule has 3 heterocycles. The van der Waals surface area contributed by atoms with Crippen LogP contribution in [0.15, 0.2) is 54.9 Å². The number of amides is 3. The summed E-state index contributed by atoms with van der Waals surface area (Å²) < 4.78 is 21.7. The fourth-order valence-corrected chi connectivity index (χ4v) is 5.58. The molecule has 2 aliphatic rings. The SMILES string of the molecule is CC(C)Oc1cccc(CN2CCC3(CC2C)C(=O)N(Cc2ncnn2C)C(=O)N3c2cccc(F)c2)c1. The Kier molecular flexibility index (Phi) is 6.92. The van der Waals surface area contributed by atoms with Crippen molar-refractivity contribution in [3.8, 4) is 5.75 Å². The van der Waals surface area contributed by atoms with E-state index in [1.54, 1.807) is 23.9 Å². The van der Waals surface area contributed by atoms with Crippen LogP contribution in [0.3, 0.4) is 0 Å². The fourth-order valence-electron chi connectivity index (χ4n) is 5.58. The first-order chi connectivity index (χ1) is 18.2. The van der Waals surface area contributed by atoms with E-state index in [1.165, 1.54) is 28.3 Å². The molecular formula is C28H33FN6O3. The predicted molar refractivity (Wildman–Crippen MR) is 140 cm³/mol. The average Bonchev–Trinajstić information content (AvgIpc) is 3.35. The number of ether oxygens (including phenoxy) is 1. The lowest BCUT2D eigenvalue weighted by Gasteiger charge is -2.45. The maximum atomic E-state index is 14.3. The number of likely N-dealkylation sites (tertiary alicyclic amines) is 1. The van der Waals surface area contributed by atoms with Gasteiger partial charge in [0.05, 0.1) is 12.6 Å². The van der Waals surface area contributed by atoms with Gasteiger partial charge in [-0.15, -0.1) is 0 Å². The zero-order chi connectivity index (χ0) is 27.0. The summed E-state index contributed by atoms with van der Waals surface area (Å²) in [6, 6.07) is 13.4. The number of urea groups is 1. The smallest absolute Gasteiger partial charge is 0.332 e. The van der Waals surface area contributed by atoms with Crippen molar-refractivity contribution in [2.75, 3.05) is 11.4 Å². The van der Waals surface area contributed by atoms with Gasteiger partial charge >= 0.3 is 6.03 Å². The standard InChI is InChI=1S/C28H33FN6O3/c1-19(2)38-24-10-5-7-21(13-24)16-33-12-11-28(15-20(33)3)26(36)34(17-25-30-18-31-32(25)4)27(37)35(28)23-9-6-8-22(29)14-23/h5-10,13-14,18-20H,11-12,15-17H2,1-4H3. The highest BCUT2D eigenvalue weighted by Gasteiger charge is 2.60. The Bertz CT molecular complexity index is 1340. The number of halogens is 1. The van der Waals surface area contributed by atoms with Crippen molar-refractivity contribution in [3.05, 3.63) is 72.1 Å². The summed E-state index contributed by atoms with van der Waals surface area (Å²) in [6.07, 6.45) is 2.33. The Balaban J connectivity index is 1.43. The second kappa shape index (κ2) is 10.2. The van der Waals surface area contributed by atoms with Crippen molar-refractivity contribution in [1.82, 2.24) is 24.6 Å². The Hall–Kier alpha value is -3.79. The third-order valence-electron chi connectivity index (χ3n) is 7.39. The van der Waals surface area contributed by atoms with Gasteiger partial charge in [0.1, 0.15) is 29.3 Å². The molecule has 3 aromatic rings. The van der Waals surface area contributed by atoms with Crippen molar-refractivity contribution < 1.29 is 18.7 Å². The molecule has 0 aliphatic carbocycles. The van der Waals surface area contributed by atoms with Crippen LogP contribution in [-0.2, 0) is 24.9 Å². The number of hydrogen-bond donors (Lipinski definition) is 0. The summed E-state index contributed by atoms with van der Waals surface area (Å²) >= 11 is 0. The third kappa shape index (κ3) is 4.76. The topological polar surface area (TPSA) is 83.8 Å². The van der Waals surface area contributed by atoms with E-state index in [0.717, 1.165) is 11.3 Å². The molecule has 0 saturated carbocycles. The molecule has 0 radical (unpaired) electrons. The number of piperidine rings is 1. The predicted octanol–water partition coefficient (Wildman–Crippen LogP) is 4.13. The van der Waals surface area contributed by atoms with Crippen LogP contribution in [0.1, 0.15) is 45.0 Å². The van der Waals surface area contributed by atoms with Crippen molar-refractivity contribution in [2.45, 2.75) is 64.4 Å². The molecule has 3 amide bonds. The first-order valence-electron chi connectivity index (χ1n) is 12.9. The number of aromatic nitrogens is 3. The molecule has 2 saturated heterocycles. The number of carbonyl (C=O) groups is 2. The molecule has 9 nitrogen and oxygen atoms in total. The number of anilines is 1. The van der Waals surface area contributed by atoms with Crippen LogP contribution in [-0.4, -0.2) is 60.7 Å². The molecule has 10 heteroatoms. The van der Waals surface area contributed by atoms with Gasteiger partial charge in [-0.25, -0.2) is 14.2 Å². The lowest BCUT2D eigenvalue weighted by Crippen LogP contribution is -2.59. The number of nitrogens with zero attached hydrogens (tertiary/aromatic N) is 6. The molecule has 2 aliphatic heterocycles. The molecule has 0 N–H and O–H groups in total. The zero-order valence-corrected chi connectivity index (χ0v) is 22.2. The largest absolute Gasteiger partial charge is 0.491 e. The van der Waals surface area contributed by atoms with Gasteiger partial charge in [0.15, 0.2) is 0 Å². The van der Waals surface area contributed by atoms with Gasteiger partial charge in [0.2, 0.25) is 0 Å². The summed E-state index contributed by atoms with van der Waals surface area (Å²) in [5.41, 5.74) is 0.385. The fraction of sp³-hybridized carbons (Fsp3) is 0.429. The van der Waals surface area contributed by atoms with E-state index in [9.17, 15) is 14.0 Å². The highest BCUT2D eigenvalue weighted by molar-refractivity contribution is 6.16. The van der Waals surface area contributed by atoms with Crippen LogP contribution in [0, 0.1) is 5.82 Å². The molecule has 5 rings (SSSR count). The molecule has 2 atom stereocenters. The Morgan fingerprint density at radius 1 is 1.13 bits per heavy atom. The molecular weight excluding hydrogens is 487 g/mol. The first kappa shape index (κ1) is 25.8. The zero-order valence-electron chi connectivity index (χ0n) is 22.2. The van der Waals surface area contributed by atoms with E-state index in [-0.39, 0.29) is 24.6 Å². The van der Waals surface area contributed by atoms with Crippen LogP contribution in [0.2, 0.25) is 0 Å². The van der Waals surface area contributed by atoms with Crippen LogP contribution in [0.25, 0.3) is 0 Å². The van der Waals surface area contributed by atoms with Gasteiger partial charge in [0.25, 0.3) is 5.91 Å². The van der Waals surface area contributed by atoms with E-state index in [0.29, 0.717) is 37.4 Å². The van der Waals surface area contributed by atoms with Crippen molar-refractivity contribution >= 4 is 17.6 Å². The number of aryl methyl sites for hydroxylation is 1. The normalized spacial score (nSPS) is 22.2. The maximum absolute atomic E-state index is 14.3. The second-order valence-electron chi connectivity index (χ2n) is 10.4. The van der Waals surface area contributed by atoms with Crippen molar-refractivity contribution in [1.29, 1.82) is 0 Å². The summed E-state index contributed by atoms with van der Waals surface area (Å²) in [7, 11) is 1.72. The van der Waals surface area contributed by atoms with Crippen LogP contribution >= 0.6 is 0 Å². The number of imide groups is 1. The molecule has 0 bridgehead atoms. The van der Waals surface area contributed by atoms with Gasteiger partial charge in [-0.05, 0) is 69.5 Å². The molecule has 1 aromatic heterocycles. The van der Waals surface area contributed by atoms with Gasteiger partial charge in [-0.2, -0.15) is 5.10 Å². The quantitative estimate of drug-likeness (QED) is 0.436. The summed E-state index contributed by atoms with van der Waals surface area (Å²) in [5.74, 6) is 0.580. The van der Waals surface area contributed by atoms with E-state index in [2.05, 4.69) is 28.0 Å². The van der Waals surface area contributed by atoms with Gasteiger partial charge in [-0.3, -0.25) is 24.2 Å². The minimum Gasteiger partial charge on any atom is -0.491 e. The molecule has 38 heavy (non-hydrogen) atoms. The van der Waals surface area contributed by atoms with Gasteiger partial charge in [-0.1, -0.05) is 18.2 Å². The van der Waals surface area contributed by atoms with E-state index < -0.39 is 17.4 Å². The summed E-state index contributed by atoms with van der Waals surface area (Å²) in [4.78, 5) is 37.0. The number of benzene rings is 2. The highest BCUT2D eigenvalue weighted by Crippen LogP contribution is 2.43. The molecule has 2 fully saturated rings. The van der Waals surface area contributed by atoms with Crippen LogP contribution < -0.4 is 9.64 Å².